The molecule has 1 aliphatic heterocycles. The molecule has 0 aliphatic carbocycles. The van der Waals surface area contributed by atoms with E-state index in [-0.39, 0.29) is 5.75 Å². The predicted molar refractivity (Wildman–Crippen MR) is 127 cm³/mol. The van der Waals surface area contributed by atoms with Gasteiger partial charge in [0.2, 0.25) is 17.6 Å². The van der Waals surface area contributed by atoms with Crippen molar-refractivity contribution in [1.29, 1.82) is 5.26 Å². The van der Waals surface area contributed by atoms with Crippen LogP contribution in [0, 0.1) is 11.3 Å². The lowest BCUT2D eigenvalue weighted by atomic mass is 10.2. The van der Waals surface area contributed by atoms with Crippen LogP contribution in [0.2, 0.25) is 0 Å². The molecule has 1 fully saturated rings. The number of nitriles is 1. The van der Waals surface area contributed by atoms with Gasteiger partial charge in [-0.1, -0.05) is 17.3 Å². The van der Waals surface area contributed by atoms with Gasteiger partial charge in [0.25, 0.3) is 0 Å². The number of methoxy groups -OCH3 is 1. The molecule has 0 atom stereocenters. The molecule has 1 saturated heterocycles. The third-order valence-corrected chi connectivity index (χ3v) is 7.17. The summed E-state index contributed by atoms with van der Waals surface area (Å²) in [6.07, 6.45) is 0. The fourth-order valence-electron chi connectivity index (χ4n) is 3.78. The molecule has 182 valence electrons. The summed E-state index contributed by atoms with van der Waals surface area (Å²) in [7, 11) is -2.02. The van der Waals surface area contributed by atoms with Crippen LogP contribution in [-0.4, -0.2) is 73.3 Å². The standard InChI is InChI=1S/C24H25N5O5S/c1-33-21-8-6-20(7-9-21)24-26-22(34-27-24)15-28-10-12-29(13-11-28)23(30)17-35(31,32)16-19-4-2-18(14-25)3-5-19/h2-9H,10-13,15-17H2,1H3. The van der Waals surface area contributed by atoms with Gasteiger partial charge in [-0.3, -0.25) is 9.69 Å². The van der Waals surface area contributed by atoms with Crippen LogP contribution in [0.5, 0.6) is 5.75 Å². The van der Waals surface area contributed by atoms with E-state index in [1.807, 2.05) is 30.3 Å². The highest BCUT2D eigenvalue weighted by atomic mass is 32.2. The first-order valence-corrected chi connectivity index (χ1v) is 12.8. The summed E-state index contributed by atoms with van der Waals surface area (Å²) in [6.45, 7) is 2.43. The van der Waals surface area contributed by atoms with E-state index in [2.05, 4.69) is 15.0 Å². The van der Waals surface area contributed by atoms with Gasteiger partial charge in [0.1, 0.15) is 11.5 Å². The second kappa shape index (κ2) is 10.7. The Labute approximate surface area is 203 Å². The van der Waals surface area contributed by atoms with E-state index in [1.165, 1.54) is 0 Å². The van der Waals surface area contributed by atoms with Gasteiger partial charge in [0.05, 0.1) is 31.0 Å². The summed E-state index contributed by atoms with van der Waals surface area (Å²) < 4.78 is 35.6. The second-order valence-corrected chi connectivity index (χ2v) is 10.3. The number of rotatable bonds is 8. The maximum Gasteiger partial charge on any atom is 0.241 e. The minimum absolute atomic E-state index is 0.238. The molecular formula is C24H25N5O5S. The third kappa shape index (κ3) is 6.44. The predicted octanol–water partition coefficient (Wildman–Crippen LogP) is 1.88. The summed E-state index contributed by atoms with van der Waals surface area (Å²) in [5.74, 6) is 0.523. The quantitative estimate of drug-likeness (QED) is 0.460. The summed E-state index contributed by atoms with van der Waals surface area (Å²) in [5.41, 5.74) is 1.83. The zero-order valence-electron chi connectivity index (χ0n) is 19.3. The Morgan fingerprint density at radius 2 is 1.77 bits per heavy atom. The van der Waals surface area contributed by atoms with Crippen molar-refractivity contribution >= 4 is 15.7 Å². The van der Waals surface area contributed by atoms with Crippen molar-refractivity contribution in [1.82, 2.24) is 19.9 Å². The maximum atomic E-state index is 12.6. The smallest absolute Gasteiger partial charge is 0.241 e. The monoisotopic (exact) mass is 495 g/mol. The highest BCUT2D eigenvalue weighted by Crippen LogP contribution is 2.20. The molecule has 1 amide bonds. The zero-order chi connectivity index (χ0) is 24.8. The lowest BCUT2D eigenvalue weighted by molar-refractivity contribution is -0.130. The number of ether oxygens (including phenoxy) is 1. The second-order valence-electron chi connectivity index (χ2n) is 8.24. The summed E-state index contributed by atoms with van der Waals surface area (Å²) in [4.78, 5) is 20.7. The molecule has 1 aromatic heterocycles. The molecule has 0 saturated carbocycles. The third-order valence-electron chi connectivity index (χ3n) is 5.71. The first-order chi connectivity index (χ1) is 16.8. The number of amides is 1. The van der Waals surface area contributed by atoms with Crippen LogP contribution in [0.3, 0.4) is 0 Å². The summed E-state index contributed by atoms with van der Waals surface area (Å²) in [5, 5.41) is 12.9. The molecule has 10 nitrogen and oxygen atoms in total. The molecule has 0 spiro atoms. The molecule has 3 aromatic rings. The number of carbonyl (C=O) groups is 1. The zero-order valence-corrected chi connectivity index (χ0v) is 20.1. The molecule has 2 aromatic carbocycles. The molecular weight excluding hydrogens is 470 g/mol. The Bertz CT molecular complexity index is 1310. The van der Waals surface area contributed by atoms with Gasteiger partial charge >= 0.3 is 0 Å². The van der Waals surface area contributed by atoms with Crippen molar-refractivity contribution in [2.24, 2.45) is 0 Å². The number of hydrogen-bond acceptors (Lipinski definition) is 9. The van der Waals surface area contributed by atoms with E-state index in [0.29, 0.717) is 55.6 Å². The van der Waals surface area contributed by atoms with E-state index >= 15 is 0 Å². The van der Waals surface area contributed by atoms with Crippen LogP contribution in [-0.2, 0) is 26.9 Å². The first-order valence-electron chi connectivity index (χ1n) is 11.0. The molecule has 35 heavy (non-hydrogen) atoms. The number of hydrogen-bond donors (Lipinski definition) is 0. The highest BCUT2D eigenvalue weighted by Gasteiger charge is 2.26. The number of nitrogens with zero attached hydrogens (tertiary/aromatic N) is 5. The molecule has 0 bridgehead atoms. The van der Waals surface area contributed by atoms with Crippen LogP contribution in [0.1, 0.15) is 17.0 Å². The van der Waals surface area contributed by atoms with Gasteiger partial charge in [-0.25, -0.2) is 8.42 Å². The van der Waals surface area contributed by atoms with E-state index in [1.54, 1.807) is 36.3 Å². The largest absolute Gasteiger partial charge is 0.497 e. The van der Waals surface area contributed by atoms with Crippen molar-refractivity contribution in [3.05, 3.63) is 65.5 Å². The minimum Gasteiger partial charge on any atom is -0.497 e. The lowest BCUT2D eigenvalue weighted by Gasteiger charge is -2.33. The van der Waals surface area contributed by atoms with Crippen molar-refractivity contribution in [2.75, 3.05) is 39.0 Å². The highest BCUT2D eigenvalue weighted by molar-refractivity contribution is 7.91. The minimum atomic E-state index is -3.62. The molecule has 1 aliphatic rings. The first kappa shape index (κ1) is 24.4. The normalized spacial score (nSPS) is 14.5. The summed E-state index contributed by atoms with van der Waals surface area (Å²) >= 11 is 0. The number of carbonyl (C=O) groups excluding carboxylic acids is 1. The lowest BCUT2D eigenvalue weighted by Crippen LogP contribution is -2.49. The Morgan fingerprint density at radius 1 is 1.09 bits per heavy atom. The van der Waals surface area contributed by atoms with Crippen LogP contribution < -0.4 is 4.74 Å². The Hall–Kier alpha value is -3.75. The average Bonchev–Trinajstić information content (AvgIpc) is 3.33. The van der Waals surface area contributed by atoms with E-state index < -0.39 is 21.5 Å². The molecule has 0 N–H and O–H groups in total. The van der Waals surface area contributed by atoms with Gasteiger partial charge in [0, 0.05) is 31.7 Å². The van der Waals surface area contributed by atoms with Crippen LogP contribution in [0.4, 0.5) is 0 Å². The van der Waals surface area contributed by atoms with Gasteiger partial charge in [-0.15, -0.1) is 0 Å². The number of sulfone groups is 1. The van der Waals surface area contributed by atoms with Gasteiger partial charge < -0.3 is 14.2 Å². The average molecular weight is 496 g/mol. The van der Waals surface area contributed by atoms with E-state index in [0.717, 1.165) is 11.3 Å². The van der Waals surface area contributed by atoms with Crippen LogP contribution >= 0.6 is 0 Å². The van der Waals surface area contributed by atoms with Crippen molar-refractivity contribution in [2.45, 2.75) is 12.3 Å². The summed E-state index contributed by atoms with van der Waals surface area (Å²) in [6, 6.07) is 15.7. The fourth-order valence-corrected chi connectivity index (χ4v) is 5.14. The molecule has 4 rings (SSSR count). The van der Waals surface area contributed by atoms with Crippen LogP contribution in [0.15, 0.2) is 53.1 Å². The van der Waals surface area contributed by atoms with Gasteiger partial charge in [-0.05, 0) is 42.0 Å². The van der Waals surface area contributed by atoms with Crippen LogP contribution in [0.25, 0.3) is 11.4 Å². The Kier molecular flexibility index (Phi) is 7.43. The topological polar surface area (TPSA) is 130 Å². The van der Waals surface area contributed by atoms with E-state index in [4.69, 9.17) is 14.5 Å². The van der Waals surface area contributed by atoms with Crippen molar-refractivity contribution in [3.8, 4) is 23.2 Å². The Morgan fingerprint density at radius 3 is 2.40 bits per heavy atom. The molecule has 2 heterocycles. The molecule has 11 heteroatoms. The van der Waals surface area contributed by atoms with E-state index in [9.17, 15) is 13.2 Å². The Balaban J connectivity index is 1.26. The van der Waals surface area contributed by atoms with Crippen molar-refractivity contribution in [3.63, 3.8) is 0 Å². The SMILES string of the molecule is COc1ccc(-c2noc(CN3CCN(C(=O)CS(=O)(=O)Cc4ccc(C#N)cc4)CC3)n2)cc1. The molecule has 0 unspecified atom stereocenters. The number of aromatic nitrogens is 2. The van der Waals surface area contributed by atoms with Gasteiger partial charge in [-0.2, -0.15) is 10.2 Å². The van der Waals surface area contributed by atoms with Gasteiger partial charge in [0.15, 0.2) is 9.84 Å². The molecule has 0 radical (unpaired) electrons. The number of piperazine rings is 1. The number of benzene rings is 2. The fraction of sp³-hybridized carbons (Fsp3) is 0.333. The maximum absolute atomic E-state index is 12.6. The van der Waals surface area contributed by atoms with Crippen molar-refractivity contribution < 1.29 is 22.5 Å².